The number of aromatic nitrogens is 1. The topological polar surface area (TPSA) is 37.4 Å². The van der Waals surface area contributed by atoms with E-state index in [0.29, 0.717) is 12.6 Å². The Hall–Kier alpha value is -0.840. The maximum atomic E-state index is 6.16. The molecule has 0 saturated heterocycles. The minimum Gasteiger partial charge on any atom is -0.383 e. The summed E-state index contributed by atoms with van der Waals surface area (Å²) in [5.74, 6) is 0.934. The SMILES string of the molecule is COCCN(C)c1cc(CNC2CC2)c(Cl)cn1. The lowest BCUT2D eigenvalue weighted by Gasteiger charge is -2.18. The van der Waals surface area contributed by atoms with Gasteiger partial charge < -0.3 is 15.0 Å². The van der Waals surface area contributed by atoms with E-state index in [4.69, 9.17) is 16.3 Å². The molecule has 1 N–H and O–H groups in total. The van der Waals surface area contributed by atoms with Crippen LogP contribution in [0.5, 0.6) is 0 Å². The molecule has 5 heteroatoms. The van der Waals surface area contributed by atoms with Crippen LogP contribution in [-0.2, 0) is 11.3 Å². The molecule has 1 saturated carbocycles. The molecule has 0 amide bonds. The van der Waals surface area contributed by atoms with E-state index in [2.05, 4.69) is 15.2 Å². The first-order chi connectivity index (χ1) is 8.70. The van der Waals surface area contributed by atoms with Crippen LogP contribution in [0.25, 0.3) is 0 Å². The standard InChI is InChI=1S/C13H20ClN3O/c1-17(5-6-18-2)13-7-10(12(14)9-16-13)8-15-11-3-4-11/h7,9,11,15H,3-6,8H2,1-2H3. The fourth-order valence-electron chi connectivity index (χ4n) is 1.70. The Balaban J connectivity index is 1.99. The van der Waals surface area contributed by atoms with Crippen molar-refractivity contribution in [2.75, 3.05) is 32.2 Å². The van der Waals surface area contributed by atoms with Gasteiger partial charge >= 0.3 is 0 Å². The highest BCUT2D eigenvalue weighted by atomic mass is 35.5. The van der Waals surface area contributed by atoms with Crippen LogP contribution in [0, 0.1) is 0 Å². The van der Waals surface area contributed by atoms with Crippen LogP contribution in [-0.4, -0.2) is 38.3 Å². The molecule has 0 bridgehead atoms. The van der Waals surface area contributed by atoms with Crippen LogP contribution >= 0.6 is 11.6 Å². The number of ether oxygens (including phenoxy) is 1. The van der Waals surface area contributed by atoms with Crippen LogP contribution in [0.15, 0.2) is 12.3 Å². The average molecular weight is 270 g/mol. The third-order valence-corrected chi connectivity index (χ3v) is 3.44. The molecule has 1 fully saturated rings. The molecule has 0 aromatic carbocycles. The lowest BCUT2D eigenvalue weighted by molar-refractivity contribution is 0.206. The fraction of sp³-hybridized carbons (Fsp3) is 0.615. The predicted octanol–water partition coefficient (Wildman–Crippen LogP) is 2.07. The van der Waals surface area contributed by atoms with Crippen LogP contribution < -0.4 is 10.2 Å². The molecule has 0 radical (unpaired) electrons. The summed E-state index contributed by atoms with van der Waals surface area (Å²) in [4.78, 5) is 6.42. The number of hydrogen-bond acceptors (Lipinski definition) is 4. The Bertz CT molecular complexity index is 396. The minimum atomic E-state index is 0.684. The van der Waals surface area contributed by atoms with Gasteiger partial charge in [-0.05, 0) is 24.5 Å². The molecular weight excluding hydrogens is 250 g/mol. The summed E-state index contributed by atoms with van der Waals surface area (Å²) in [6, 6.07) is 2.73. The van der Waals surface area contributed by atoms with Crippen LogP contribution in [0.3, 0.4) is 0 Å². The Morgan fingerprint density at radius 3 is 3.00 bits per heavy atom. The quantitative estimate of drug-likeness (QED) is 0.822. The number of likely N-dealkylation sites (N-methyl/N-ethyl adjacent to an activating group) is 1. The van der Waals surface area contributed by atoms with Crippen molar-refractivity contribution in [3.05, 3.63) is 22.8 Å². The van der Waals surface area contributed by atoms with E-state index in [9.17, 15) is 0 Å². The van der Waals surface area contributed by atoms with E-state index < -0.39 is 0 Å². The second-order valence-electron chi connectivity index (χ2n) is 4.70. The number of hydrogen-bond donors (Lipinski definition) is 1. The highest BCUT2D eigenvalue weighted by molar-refractivity contribution is 6.31. The first kappa shape index (κ1) is 13.6. The molecule has 1 heterocycles. The highest BCUT2D eigenvalue weighted by Crippen LogP contribution is 2.23. The number of methoxy groups -OCH3 is 1. The number of nitrogens with one attached hydrogen (secondary N) is 1. The van der Waals surface area contributed by atoms with E-state index in [1.807, 2.05) is 13.1 Å². The number of anilines is 1. The summed E-state index contributed by atoms with van der Waals surface area (Å²) >= 11 is 6.16. The van der Waals surface area contributed by atoms with Crippen molar-refractivity contribution in [1.82, 2.24) is 10.3 Å². The molecule has 0 atom stereocenters. The maximum absolute atomic E-state index is 6.16. The second-order valence-corrected chi connectivity index (χ2v) is 5.11. The van der Waals surface area contributed by atoms with E-state index >= 15 is 0 Å². The molecule has 1 aromatic heterocycles. The van der Waals surface area contributed by atoms with Gasteiger partial charge in [0.25, 0.3) is 0 Å². The molecular formula is C13H20ClN3O. The third kappa shape index (κ3) is 3.83. The van der Waals surface area contributed by atoms with Crippen molar-refractivity contribution in [2.45, 2.75) is 25.4 Å². The van der Waals surface area contributed by atoms with Crippen LogP contribution in [0.2, 0.25) is 5.02 Å². The Morgan fingerprint density at radius 2 is 2.33 bits per heavy atom. The monoisotopic (exact) mass is 269 g/mol. The summed E-state index contributed by atoms with van der Waals surface area (Å²) in [6.07, 6.45) is 4.29. The van der Waals surface area contributed by atoms with Gasteiger partial charge in [0.05, 0.1) is 11.6 Å². The highest BCUT2D eigenvalue weighted by Gasteiger charge is 2.20. The summed E-state index contributed by atoms with van der Waals surface area (Å²) in [7, 11) is 3.71. The normalized spacial score (nSPS) is 14.8. The molecule has 2 rings (SSSR count). The van der Waals surface area contributed by atoms with Crippen molar-refractivity contribution >= 4 is 17.4 Å². The maximum Gasteiger partial charge on any atom is 0.128 e. The molecule has 100 valence electrons. The number of nitrogens with zero attached hydrogens (tertiary/aromatic N) is 2. The Labute approximate surface area is 113 Å². The molecule has 4 nitrogen and oxygen atoms in total. The van der Waals surface area contributed by atoms with Gasteiger partial charge in [0.1, 0.15) is 5.82 Å². The smallest absolute Gasteiger partial charge is 0.128 e. The van der Waals surface area contributed by atoms with E-state index in [-0.39, 0.29) is 0 Å². The largest absolute Gasteiger partial charge is 0.383 e. The zero-order chi connectivity index (χ0) is 13.0. The van der Waals surface area contributed by atoms with Gasteiger partial charge in [-0.2, -0.15) is 0 Å². The van der Waals surface area contributed by atoms with Crippen LogP contribution in [0.4, 0.5) is 5.82 Å². The summed E-state index contributed by atoms with van der Waals surface area (Å²) in [5.41, 5.74) is 1.11. The van der Waals surface area contributed by atoms with Gasteiger partial charge in [-0.1, -0.05) is 11.6 Å². The van der Waals surface area contributed by atoms with E-state index in [1.165, 1.54) is 12.8 Å². The Morgan fingerprint density at radius 1 is 1.56 bits per heavy atom. The van der Waals surface area contributed by atoms with Gasteiger partial charge in [-0.25, -0.2) is 4.98 Å². The molecule has 0 unspecified atom stereocenters. The molecule has 0 aliphatic heterocycles. The third-order valence-electron chi connectivity index (χ3n) is 3.10. The summed E-state index contributed by atoms with van der Waals surface area (Å²) in [6.45, 7) is 2.33. The fourth-order valence-corrected chi connectivity index (χ4v) is 1.87. The first-order valence-electron chi connectivity index (χ1n) is 6.28. The lowest BCUT2D eigenvalue weighted by Crippen LogP contribution is -2.23. The molecule has 1 aliphatic rings. The van der Waals surface area contributed by atoms with Gasteiger partial charge in [0.2, 0.25) is 0 Å². The lowest BCUT2D eigenvalue weighted by atomic mass is 10.2. The van der Waals surface area contributed by atoms with Gasteiger partial charge in [-0.3, -0.25) is 0 Å². The zero-order valence-electron chi connectivity index (χ0n) is 10.9. The van der Waals surface area contributed by atoms with Gasteiger partial charge in [0, 0.05) is 39.5 Å². The Kier molecular flexibility index (Phi) is 4.80. The number of halogens is 1. The second kappa shape index (κ2) is 6.36. The van der Waals surface area contributed by atoms with Gasteiger partial charge in [0.15, 0.2) is 0 Å². The van der Waals surface area contributed by atoms with E-state index in [1.54, 1.807) is 13.3 Å². The van der Waals surface area contributed by atoms with Gasteiger partial charge in [-0.15, -0.1) is 0 Å². The number of pyridine rings is 1. The first-order valence-corrected chi connectivity index (χ1v) is 6.66. The van der Waals surface area contributed by atoms with Crippen molar-refractivity contribution in [1.29, 1.82) is 0 Å². The molecule has 0 spiro atoms. The average Bonchev–Trinajstić information content (AvgIpc) is 3.19. The molecule has 18 heavy (non-hydrogen) atoms. The summed E-state index contributed by atoms with van der Waals surface area (Å²) in [5, 5.41) is 4.20. The number of rotatable bonds is 7. The van der Waals surface area contributed by atoms with Crippen LogP contribution in [0.1, 0.15) is 18.4 Å². The van der Waals surface area contributed by atoms with E-state index in [0.717, 1.165) is 29.5 Å². The van der Waals surface area contributed by atoms with Crippen molar-refractivity contribution in [3.63, 3.8) is 0 Å². The predicted molar refractivity (Wildman–Crippen MR) is 74.3 cm³/mol. The summed E-state index contributed by atoms with van der Waals surface area (Å²) < 4.78 is 5.07. The minimum absolute atomic E-state index is 0.684. The molecule has 1 aromatic rings. The zero-order valence-corrected chi connectivity index (χ0v) is 11.7. The molecule has 1 aliphatic carbocycles. The van der Waals surface area contributed by atoms with Crippen molar-refractivity contribution in [2.24, 2.45) is 0 Å². The van der Waals surface area contributed by atoms with Crippen molar-refractivity contribution in [3.8, 4) is 0 Å². The van der Waals surface area contributed by atoms with Crippen molar-refractivity contribution < 1.29 is 4.74 Å².